The summed E-state index contributed by atoms with van der Waals surface area (Å²) in [4.78, 5) is 4.50. The Labute approximate surface area is 114 Å². The molecule has 1 aromatic carbocycles. The van der Waals surface area contributed by atoms with Crippen molar-refractivity contribution in [1.29, 1.82) is 0 Å². The number of methoxy groups -OCH3 is 1. The summed E-state index contributed by atoms with van der Waals surface area (Å²) in [5.74, 6) is 1.05. The molecule has 3 rings (SSSR count). The van der Waals surface area contributed by atoms with Crippen molar-refractivity contribution >= 4 is 0 Å². The largest absolute Gasteiger partial charge is 0.372 e. The Kier molecular flexibility index (Phi) is 2.94. The van der Waals surface area contributed by atoms with Crippen LogP contribution in [0.4, 0.5) is 0 Å². The van der Waals surface area contributed by atoms with Crippen LogP contribution >= 0.6 is 0 Å². The number of aromatic nitrogens is 2. The lowest BCUT2D eigenvalue weighted by atomic mass is 10.1. The Morgan fingerprint density at radius 3 is 2.53 bits per heavy atom. The van der Waals surface area contributed by atoms with Gasteiger partial charge in [0.2, 0.25) is 0 Å². The minimum Gasteiger partial charge on any atom is -0.372 e. The quantitative estimate of drug-likeness (QED) is 0.838. The minimum absolute atomic E-state index is 0.0930. The lowest BCUT2D eigenvalue weighted by molar-refractivity contribution is 0.0711. The van der Waals surface area contributed by atoms with Gasteiger partial charge in [-0.05, 0) is 32.3 Å². The molecule has 0 amide bonds. The maximum absolute atomic E-state index is 5.71. The molecule has 0 radical (unpaired) electrons. The third-order valence-corrected chi connectivity index (χ3v) is 4.21. The van der Waals surface area contributed by atoms with E-state index in [0.29, 0.717) is 0 Å². The first-order chi connectivity index (χ1) is 9.18. The fraction of sp³-hybridized carbons (Fsp3) is 0.438. The first kappa shape index (κ1) is 12.4. The highest BCUT2D eigenvalue weighted by Gasteiger charge is 2.48. The maximum atomic E-state index is 5.71. The standard InChI is InChI=1S/C16H20N2O/c1-12(14-7-5-4-6-8-14)18-13(2)17-11-15(18)16(19-3)9-10-16/h4-8,11-12H,9-10H2,1-3H3. The Bertz CT molecular complexity index is 570. The minimum atomic E-state index is -0.0930. The average molecular weight is 256 g/mol. The molecule has 0 aliphatic heterocycles. The molecule has 1 unspecified atom stereocenters. The van der Waals surface area contributed by atoms with Gasteiger partial charge in [0, 0.05) is 7.11 Å². The summed E-state index contributed by atoms with van der Waals surface area (Å²) >= 11 is 0. The fourth-order valence-electron chi connectivity index (χ4n) is 2.84. The molecule has 100 valence electrons. The molecule has 2 aromatic rings. The molecule has 0 bridgehead atoms. The smallest absolute Gasteiger partial charge is 0.109 e. The molecule has 3 heteroatoms. The van der Waals surface area contributed by atoms with Crippen LogP contribution in [0, 0.1) is 6.92 Å². The van der Waals surface area contributed by atoms with Gasteiger partial charge in [0.25, 0.3) is 0 Å². The van der Waals surface area contributed by atoms with Crippen LogP contribution in [0.3, 0.4) is 0 Å². The number of hydrogen-bond acceptors (Lipinski definition) is 2. The molecule has 3 nitrogen and oxygen atoms in total. The van der Waals surface area contributed by atoms with Gasteiger partial charge in [-0.15, -0.1) is 0 Å². The highest BCUT2D eigenvalue weighted by atomic mass is 16.5. The summed E-state index contributed by atoms with van der Waals surface area (Å²) in [6, 6.07) is 10.8. The van der Waals surface area contributed by atoms with Crippen molar-refractivity contribution in [2.45, 2.75) is 38.3 Å². The number of imidazole rings is 1. The molecule has 0 saturated heterocycles. The molecule has 1 aliphatic carbocycles. The molecule has 1 saturated carbocycles. The van der Waals surface area contributed by atoms with Crippen molar-refractivity contribution in [3.8, 4) is 0 Å². The van der Waals surface area contributed by atoms with Gasteiger partial charge in [-0.3, -0.25) is 0 Å². The lowest BCUT2D eigenvalue weighted by Crippen LogP contribution is -2.19. The van der Waals surface area contributed by atoms with Crippen molar-refractivity contribution < 1.29 is 4.74 Å². The van der Waals surface area contributed by atoms with E-state index in [2.05, 4.69) is 53.7 Å². The monoisotopic (exact) mass is 256 g/mol. The van der Waals surface area contributed by atoms with Gasteiger partial charge in [-0.1, -0.05) is 30.3 Å². The van der Waals surface area contributed by atoms with Crippen LogP contribution in [0.2, 0.25) is 0 Å². The van der Waals surface area contributed by atoms with E-state index < -0.39 is 0 Å². The SMILES string of the molecule is COC1(c2cnc(C)n2C(C)c2ccccc2)CC1. The molecular formula is C16H20N2O. The highest BCUT2D eigenvalue weighted by molar-refractivity contribution is 5.26. The van der Waals surface area contributed by atoms with Gasteiger partial charge in [0.15, 0.2) is 0 Å². The summed E-state index contributed by atoms with van der Waals surface area (Å²) in [7, 11) is 1.80. The molecule has 1 aliphatic rings. The third-order valence-electron chi connectivity index (χ3n) is 4.21. The second-order valence-electron chi connectivity index (χ2n) is 5.35. The van der Waals surface area contributed by atoms with E-state index in [-0.39, 0.29) is 11.6 Å². The number of aryl methyl sites for hydroxylation is 1. The zero-order valence-corrected chi connectivity index (χ0v) is 11.8. The highest BCUT2D eigenvalue weighted by Crippen LogP contribution is 2.49. The van der Waals surface area contributed by atoms with Crippen molar-refractivity contribution in [3.05, 3.63) is 53.6 Å². The first-order valence-corrected chi connectivity index (χ1v) is 6.82. The van der Waals surface area contributed by atoms with Crippen molar-refractivity contribution in [3.63, 3.8) is 0 Å². The molecule has 19 heavy (non-hydrogen) atoms. The van der Waals surface area contributed by atoms with Crippen LogP contribution in [-0.2, 0) is 10.3 Å². The third kappa shape index (κ3) is 1.98. The zero-order valence-electron chi connectivity index (χ0n) is 11.8. The molecule has 1 fully saturated rings. The topological polar surface area (TPSA) is 27.1 Å². The fourth-order valence-corrected chi connectivity index (χ4v) is 2.84. The van der Waals surface area contributed by atoms with Crippen LogP contribution in [0.5, 0.6) is 0 Å². The van der Waals surface area contributed by atoms with Gasteiger partial charge in [-0.25, -0.2) is 4.98 Å². The van der Waals surface area contributed by atoms with E-state index in [0.717, 1.165) is 18.7 Å². The van der Waals surface area contributed by atoms with Crippen molar-refractivity contribution in [2.75, 3.05) is 7.11 Å². The second kappa shape index (κ2) is 4.49. The van der Waals surface area contributed by atoms with Crippen molar-refractivity contribution in [1.82, 2.24) is 9.55 Å². The Morgan fingerprint density at radius 1 is 1.26 bits per heavy atom. The van der Waals surface area contributed by atoms with Crippen LogP contribution < -0.4 is 0 Å². The molecular weight excluding hydrogens is 236 g/mol. The summed E-state index contributed by atoms with van der Waals surface area (Å²) in [6.45, 7) is 4.29. The summed E-state index contributed by atoms with van der Waals surface area (Å²) in [6.07, 6.45) is 4.16. The Hall–Kier alpha value is -1.61. The molecule has 1 heterocycles. The number of ether oxygens (including phenoxy) is 1. The van der Waals surface area contributed by atoms with Crippen LogP contribution in [0.25, 0.3) is 0 Å². The maximum Gasteiger partial charge on any atom is 0.109 e. The van der Waals surface area contributed by atoms with Gasteiger partial charge >= 0.3 is 0 Å². The number of rotatable bonds is 4. The van der Waals surface area contributed by atoms with Gasteiger partial charge < -0.3 is 9.30 Å². The Balaban J connectivity index is 2.03. The molecule has 1 aromatic heterocycles. The van der Waals surface area contributed by atoms with E-state index >= 15 is 0 Å². The predicted molar refractivity (Wildman–Crippen MR) is 75.1 cm³/mol. The predicted octanol–water partition coefficient (Wildman–Crippen LogP) is 3.44. The molecule has 1 atom stereocenters. The normalized spacial score (nSPS) is 18.3. The summed E-state index contributed by atoms with van der Waals surface area (Å²) in [5.41, 5.74) is 2.42. The summed E-state index contributed by atoms with van der Waals surface area (Å²) in [5, 5.41) is 0. The zero-order chi connectivity index (χ0) is 13.5. The van der Waals surface area contributed by atoms with E-state index in [1.165, 1.54) is 11.3 Å². The van der Waals surface area contributed by atoms with Gasteiger partial charge in [-0.2, -0.15) is 0 Å². The lowest BCUT2D eigenvalue weighted by Gasteiger charge is -2.23. The van der Waals surface area contributed by atoms with Crippen LogP contribution in [0.1, 0.15) is 42.9 Å². The van der Waals surface area contributed by atoms with Crippen molar-refractivity contribution in [2.24, 2.45) is 0 Å². The van der Waals surface area contributed by atoms with Gasteiger partial charge in [0.05, 0.1) is 17.9 Å². The molecule has 0 spiro atoms. The first-order valence-electron chi connectivity index (χ1n) is 6.82. The Morgan fingerprint density at radius 2 is 1.95 bits per heavy atom. The van der Waals surface area contributed by atoms with Gasteiger partial charge in [0.1, 0.15) is 11.4 Å². The molecule has 0 N–H and O–H groups in total. The van der Waals surface area contributed by atoms with E-state index in [1.54, 1.807) is 7.11 Å². The summed E-state index contributed by atoms with van der Waals surface area (Å²) < 4.78 is 8.03. The van der Waals surface area contributed by atoms with E-state index in [9.17, 15) is 0 Å². The second-order valence-corrected chi connectivity index (χ2v) is 5.35. The number of nitrogens with zero attached hydrogens (tertiary/aromatic N) is 2. The van der Waals surface area contributed by atoms with Crippen LogP contribution in [0.15, 0.2) is 36.5 Å². The van der Waals surface area contributed by atoms with Crippen LogP contribution in [-0.4, -0.2) is 16.7 Å². The van der Waals surface area contributed by atoms with E-state index in [1.807, 2.05) is 6.20 Å². The average Bonchev–Trinajstić information content (AvgIpc) is 3.16. The number of benzene rings is 1. The number of hydrogen-bond donors (Lipinski definition) is 0. The van der Waals surface area contributed by atoms with E-state index in [4.69, 9.17) is 4.74 Å².